The summed E-state index contributed by atoms with van der Waals surface area (Å²) in [5, 5.41) is 8.10. The highest BCUT2D eigenvalue weighted by molar-refractivity contribution is 5.77. The summed E-state index contributed by atoms with van der Waals surface area (Å²) in [5.74, 6) is 1.54. The fraction of sp³-hybridized carbons (Fsp3) is 0.824. The van der Waals surface area contributed by atoms with Crippen LogP contribution in [0.15, 0.2) is 6.33 Å². The molecule has 0 radical (unpaired) electrons. The van der Waals surface area contributed by atoms with Gasteiger partial charge in [0, 0.05) is 13.1 Å². The van der Waals surface area contributed by atoms with Crippen molar-refractivity contribution in [3.63, 3.8) is 0 Å². The Labute approximate surface area is 143 Å². The average molecular weight is 336 g/mol. The Balaban J connectivity index is 1.51. The fourth-order valence-electron chi connectivity index (χ4n) is 3.60. The van der Waals surface area contributed by atoms with E-state index in [1.165, 1.54) is 12.8 Å². The fourth-order valence-corrected chi connectivity index (χ4v) is 3.60. The van der Waals surface area contributed by atoms with Gasteiger partial charge in [-0.3, -0.25) is 4.79 Å². The van der Waals surface area contributed by atoms with Crippen LogP contribution in [0.5, 0.6) is 0 Å². The number of hydrogen-bond acceptors (Lipinski definition) is 5. The monoisotopic (exact) mass is 336 g/mol. The zero-order valence-corrected chi connectivity index (χ0v) is 14.7. The molecule has 2 fully saturated rings. The lowest BCUT2D eigenvalue weighted by molar-refractivity contribution is -0.147. The van der Waals surface area contributed by atoms with Gasteiger partial charge in [0.2, 0.25) is 5.91 Å². The molecule has 3 rings (SSSR count). The van der Waals surface area contributed by atoms with E-state index in [0.29, 0.717) is 25.6 Å². The quantitative estimate of drug-likeness (QED) is 0.820. The van der Waals surface area contributed by atoms with E-state index in [4.69, 9.17) is 9.47 Å². The van der Waals surface area contributed by atoms with Gasteiger partial charge in [0.15, 0.2) is 5.82 Å². The number of rotatable bonds is 5. The highest BCUT2D eigenvalue weighted by Crippen LogP contribution is 2.26. The van der Waals surface area contributed by atoms with Gasteiger partial charge in [-0.2, -0.15) is 0 Å². The first kappa shape index (κ1) is 17.4. The first-order chi connectivity index (χ1) is 11.7. The third-order valence-electron chi connectivity index (χ3n) is 5.02. The number of aromatic nitrogens is 3. The van der Waals surface area contributed by atoms with Crippen LogP contribution in [0, 0.1) is 5.92 Å². The molecule has 0 unspecified atom stereocenters. The third-order valence-corrected chi connectivity index (χ3v) is 5.02. The van der Waals surface area contributed by atoms with Crippen molar-refractivity contribution in [2.75, 3.05) is 26.3 Å². The van der Waals surface area contributed by atoms with Crippen LogP contribution in [-0.4, -0.2) is 58.0 Å². The van der Waals surface area contributed by atoms with Crippen molar-refractivity contribution in [2.45, 2.75) is 58.3 Å². The average Bonchev–Trinajstić information content (AvgIpc) is 3.08. The standard InChI is InChI=1S/C17H28N4O3/c1-3-20-12-18-19-17(20)15-10-21(7-8-23-15)16(22)11-24-14-6-4-5-13(2)9-14/h12-15H,3-11H2,1-2H3/t13-,14+,15+/m1/s1. The van der Waals surface area contributed by atoms with Gasteiger partial charge in [-0.1, -0.05) is 19.8 Å². The van der Waals surface area contributed by atoms with Crippen molar-refractivity contribution in [3.05, 3.63) is 12.2 Å². The normalized spacial score (nSPS) is 28.1. The van der Waals surface area contributed by atoms with Gasteiger partial charge in [0.25, 0.3) is 0 Å². The van der Waals surface area contributed by atoms with Crippen LogP contribution in [-0.2, 0) is 20.8 Å². The van der Waals surface area contributed by atoms with Crippen molar-refractivity contribution in [2.24, 2.45) is 5.92 Å². The maximum atomic E-state index is 12.5. The maximum absolute atomic E-state index is 12.5. The molecule has 1 aromatic rings. The summed E-state index contributed by atoms with van der Waals surface area (Å²) in [7, 11) is 0. The molecule has 1 saturated carbocycles. The summed E-state index contributed by atoms with van der Waals surface area (Å²) >= 11 is 0. The van der Waals surface area contributed by atoms with Gasteiger partial charge in [-0.05, 0) is 25.7 Å². The van der Waals surface area contributed by atoms with Gasteiger partial charge in [0.1, 0.15) is 19.0 Å². The van der Waals surface area contributed by atoms with Gasteiger partial charge in [-0.25, -0.2) is 0 Å². The molecule has 1 aliphatic heterocycles. The van der Waals surface area contributed by atoms with Gasteiger partial charge >= 0.3 is 0 Å². The second-order valence-corrected chi connectivity index (χ2v) is 6.88. The number of carbonyl (C=O) groups is 1. The van der Waals surface area contributed by atoms with Crippen molar-refractivity contribution < 1.29 is 14.3 Å². The Bertz CT molecular complexity index is 548. The molecular weight excluding hydrogens is 308 g/mol. The Hall–Kier alpha value is -1.47. The van der Waals surface area contributed by atoms with E-state index in [2.05, 4.69) is 17.1 Å². The molecule has 1 aliphatic carbocycles. The minimum atomic E-state index is -0.208. The minimum Gasteiger partial charge on any atom is -0.368 e. The van der Waals surface area contributed by atoms with Crippen LogP contribution in [0.1, 0.15) is 51.5 Å². The summed E-state index contributed by atoms with van der Waals surface area (Å²) < 4.78 is 13.6. The number of hydrogen-bond donors (Lipinski definition) is 0. The van der Waals surface area contributed by atoms with E-state index in [0.717, 1.165) is 25.2 Å². The Kier molecular flexibility index (Phi) is 5.84. The molecule has 2 heterocycles. The van der Waals surface area contributed by atoms with Crippen LogP contribution < -0.4 is 0 Å². The van der Waals surface area contributed by atoms with Crippen LogP contribution >= 0.6 is 0 Å². The van der Waals surface area contributed by atoms with E-state index in [-0.39, 0.29) is 24.7 Å². The number of amides is 1. The topological polar surface area (TPSA) is 69.5 Å². The molecule has 0 bridgehead atoms. The summed E-state index contributed by atoms with van der Waals surface area (Å²) in [6.07, 6.45) is 6.34. The van der Waals surface area contributed by atoms with Crippen LogP contribution in [0.2, 0.25) is 0 Å². The molecular formula is C17H28N4O3. The molecule has 1 saturated heterocycles. The second kappa shape index (κ2) is 8.07. The molecule has 134 valence electrons. The molecule has 1 amide bonds. The predicted octanol–water partition coefficient (Wildman–Crippen LogP) is 1.79. The summed E-state index contributed by atoms with van der Waals surface area (Å²) in [5.41, 5.74) is 0. The summed E-state index contributed by atoms with van der Waals surface area (Å²) in [4.78, 5) is 14.3. The van der Waals surface area contributed by atoms with E-state index in [9.17, 15) is 4.79 Å². The zero-order valence-electron chi connectivity index (χ0n) is 14.7. The third kappa shape index (κ3) is 4.13. The molecule has 2 aliphatic rings. The van der Waals surface area contributed by atoms with Crippen molar-refractivity contribution in [3.8, 4) is 0 Å². The molecule has 7 nitrogen and oxygen atoms in total. The highest BCUT2D eigenvalue weighted by atomic mass is 16.5. The highest BCUT2D eigenvalue weighted by Gasteiger charge is 2.29. The molecule has 0 N–H and O–H groups in total. The van der Waals surface area contributed by atoms with Crippen molar-refractivity contribution in [1.82, 2.24) is 19.7 Å². The number of morpholine rings is 1. The molecule has 3 atom stereocenters. The van der Waals surface area contributed by atoms with Crippen molar-refractivity contribution in [1.29, 1.82) is 0 Å². The molecule has 0 aromatic carbocycles. The molecule has 7 heteroatoms. The van der Waals surface area contributed by atoms with Gasteiger partial charge < -0.3 is 18.9 Å². The predicted molar refractivity (Wildman–Crippen MR) is 88.3 cm³/mol. The number of carbonyl (C=O) groups excluding carboxylic acids is 1. The lowest BCUT2D eigenvalue weighted by atomic mass is 9.89. The van der Waals surface area contributed by atoms with Gasteiger partial charge in [-0.15, -0.1) is 10.2 Å². The molecule has 0 spiro atoms. The van der Waals surface area contributed by atoms with Crippen LogP contribution in [0.25, 0.3) is 0 Å². The second-order valence-electron chi connectivity index (χ2n) is 6.88. The van der Waals surface area contributed by atoms with Gasteiger partial charge in [0.05, 0.1) is 19.3 Å². The van der Waals surface area contributed by atoms with E-state index >= 15 is 0 Å². The summed E-state index contributed by atoms with van der Waals surface area (Å²) in [6, 6.07) is 0. The Morgan fingerprint density at radius 1 is 1.46 bits per heavy atom. The lowest BCUT2D eigenvalue weighted by Crippen LogP contribution is -2.45. The molecule has 24 heavy (non-hydrogen) atoms. The lowest BCUT2D eigenvalue weighted by Gasteiger charge is -2.33. The molecule has 1 aromatic heterocycles. The smallest absolute Gasteiger partial charge is 0.248 e. The van der Waals surface area contributed by atoms with E-state index in [1.807, 2.05) is 16.4 Å². The van der Waals surface area contributed by atoms with Crippen LogP contribution in [0.4, 0.5) is 0 Å². The Morgan fingerprint density at radius 2 is 2.33 bits per heavy atom. The van der Waals surface area contributed by atoms with E-state index < -0.39 is 0 Å². The van der Waals surface area contributed by atoms with Crippen LogP contribution in [0.3, 0.4) is 0 Å². The van der Waals surface area contributed by atoms with Crippen molar-refractivity contribution >= 4 is 5.91 Å². The summed E-state index contributed by atoms with van der Waals surface area (Å²) in [6.45, 7) is 6.91. The maximum Gasteiger partial charge on any atom is 0.248 e. The first-order valence-electron chi connectivity index (χ1n) is 9.06. The zero-order chi connectivity index (χ0) is 16.9. The largest absolute Gasteiger partial charge is 0.368 e. The Morgan fingerprint density at radius 3 is 3.12 bits per heavy atom. The first-order valence-corrected chi connectivity index (χ1v) is 9.06. The number of ether oxygens (including phenoxy) is 2. The number of aryl methyl sites for hydroxylation is 1. The SMILES string of the molecule is CCn1cnnc1[C@@H]1CN(C(=O)CO[C@H]2CCC[C@@H](C)C2)CCO1. The minimum absolute atomic E-state index is 0.0455. The number of nitrogens with zero attached hydrogens (tertiary/aromatic N) is 4. The van der Waals surface area contributed by atoms with E-state index in [1.54, 1.807) is 6.33 Å².